The van der Waals surface area contributed by atoms with Gasteiger partial charge in [0.25, 0.3) is 0 Å². The average Bonchev–Trinajstić information content (AvgIpc) is 2.33. The molecule has 1 fully saturated rings. The fourth-order valence-electron chi connectivity index (χ4n) is 2.42. The lowest BCUT2D eigenvalue weighted by Crippen LogP contribution is -2.39. The Morgan fingerprint density at radius 1 is 1.44 bits per heavy atom. The van der Waals surface area contributed by atoms with Gasteiger partial charge in [0, 0.05) is 12.0 Å². The van der Waals surface area contributed by atoms with Crippen LogP contribution in [0.2, 0.25) is 0 Å². The van der Waals surface area contributed by atoms with Crippen molar-refractivity contribution in [3.05, 3.63) is 0 Å². The molecule has 0 radical (unpaired) electrons. The van der Waals surface area contributed by atoms with Crippen molar-refractivity contribution in [3.8, 4) is 0 Å². The Hall–Kier alpha value is -1.30. The fourth-order valence-corrected chi connectivity index (χ4v) is 2.42. The third-order valence-electron chi connectivity index (χ3n) is 3.52. The number of ether oxygens (including phenoxy) is 1. The van der Waals surface area contributed by atoms with E-state index in [0.29, 0.717) is 12.5 Å². The lowest BCUT2D eigenvalue weighted by molar-refractivity contribution is -0.126. The molecule has 0 bridgehead atoms. The first kappa shape index (κ1) is 14.8. The van der Waals surface area contributed by atoms with E-state index in [1.54, 1.807) is 0 Å². The van der Waals surface area contributed by atoms with Gasteiger partial charge >= 0.3 is 6.09 Å². The molecular formula is C12H23N3O3. The molecule has 3 atom stereocenters. The molecule has 18 heavy (non-hydrogen) atoms. The lowest BCUT2D eigenvalue weighted by Gasteiger charge is -2.30. The quantitative estimate of drug-likeness (QED) is 0.618. The fraction of sp³-hybridized carbons (Fsp3) is 0.833. The van der Waals surface area contributed by atoms with Gasteiger partial charge in [-0.3, -0.25) is 4.79 Å². The normalized spacial score (nSPS) is 25.2. The van der Waals surface area contributed by atoms with Crippen LogP contribution in [0.1, 0.15) is 32.6 Å². The molecule has 5 N–H and O–H groups in total. The van der Waals surface area contributed by atoms with Gasteiger partial charge in [-0.1, -0.05) is 13.3 Å². The summed E-state index contributed by atoms with van der Waals surface area (Å²) in [6.45, 7) is 2.33. The summed E-state index contributed by atoms with van der Waals surface area (Å²) >= 11 is 0. The summed E-state index contributed by atoms with van der Waals surface area (Å²) in [6.07, 6.45) is 3.29. The average molecular weight is 257 g/mol. The van der Waals surface area contributed by atoms with Gasteiger partial charge in [-0.25, -0.2) is 4.79 Å². The second-order valence-electron chi connectivity index (χ2n) is 4.93. The van der Waals surface area contributed by atoms with Gasteiger partial charge in [0.05, 0.1) is 6.54 Å². The predicted molar refractivity (Wildman–Crippen MR) is 67.6 cm³/mol. The summed E-state index contributed by atoms with van der Waals surface area (Å²) < 4.78 is 4.54. The van der Waals surface area contributed by atoms with Crippen LogP contribution in [0.3, 0.4) is 0 Å². The molecule has 1 aliphatic rings. The highest BCUT2D eigenvalue weighted by Gasteiger charge is 2.28. The summed E-state index contributed by atoms with van der Waals surface area (Å²) in [5.41, 5.74) is 10.7. The Bertz CT molecular complexity index is 296. The van der Waals surface area contributed by atoms with Crippen LogP contribution >= 0.6 is 0 Å². The topological polar surface area (TPSA) is 107 Å². The number of primary amides is 1. The zero-order valence-electron chi connectivity index (χ0n) is 10.9. The van der Waals surface area contributed by atoms with E-state index in [0.717, 1.165) is 25.7 Å². The molecule has 0 aromatic heterocycles. The van der Waals surface area contributed by atoms with E-state index in [1.165, 1.54) is 0 Å². The Morgan fingerprint density at radius 3 is 2.78 bits per heavy atom. The molecule has 0 aliphatic heterocycles. The number of nitrogens with one attached hydrogen (secondary N) is 1. The van der Waals surface area contributed by atoms with Crippen LogP contribution in [-0.4, -0.2) is 31.2 Å². The van der Waals surface area contributed by atoms with Gasteiger partial charge in [-0.2, -0.15) is 0 Å². The summed E-state index contributed by atoms with van der Waals surface area (Å²) in [6, 6.07) is 0.220. The van der Waals surface area contributed by atoms with Gasteiger partial charge < -0.3 is 21.5 Å². The van der Waals surface area contributed by atoms with Crippen LogP contribution in [0.4, 0.5) is 4.79 Å². The summed E-state index contributed by atoms with van der Waals surface area (Å²) in [7, 11) is 0. The molecule has 1 saturated carbocycles. The first-order chi connectivity index (χ1) is 8.50. The van der Waals surface area contributed by atoms with Crippen LogP contribution in [0.5, 0.6) is 0 Å². The van der Waals surface area contributed by atoms with E-state index in [4.69, 9.17) is 11.5 Å². The number of rotatable bonds is 5. The van der Waals surface area contributed by atoms with E-state index in [-0.39, 0.29) is 24.5 Å². The molecule has 104 valence electrons. The largest absolute Gasteiger partial charge is 0.448 e. The molecule has 6 nitrogen and oxygen atoms in total. The highest BCUT2D eigenvalue weighted by atomic mass is 16.5. The first-order valence-electron chi connectivity index (χ1n) is 6.46. The van der Waals surface area contributed by atoms with Crippen LogP contribution in [-0.2, 0) is 9.53 Å². The number of hydrogen-bond acceptors (Lipinski definition) is 4. The Balaban J connectivity index is 2.25. The van der Waals surface area contributed by atoms with E-state index in [9.17, 15) is 9.59 Å². The maximum absolute atomic E-state index is 11.9. The number of carbonyl (C=O) groups excluding carboxylic acids is 2. The Morgan fingerprint density at radius 2 is 2.17 bits per heavy atom. The van der Waals surface area contributed by atoms with Crippen molar-refractivity contribution >= 4 is 12.0 Å². The molecule has 2 amide bonds. The summed E-state index contributed by atoms with van der Waals surface area (Å²) in [4.78, 5) is 22.2. The minimum absolute atomic E-state index is 0.0119. The SMILES string of the molecule is CC(C(=O)NCCOC(N)=O)C1CCCC(N)C1. The zero-order chi connectivity index (χ0) is 13.5. The minimum atomic E-state index is -0.824. The van der Waals surface area contributed by atoms with Gasteiger partial charge in [0.1, 0.15) is 6.61 Å². The summed E-state index contributed by atoms with van der Waals surface area (Å²) in [5.74, 6) is 0.290. The van der Waals surface area contributed by atoms with Crippen molar-refractivity contribution in [2.24, 2.45) is 23.3 Å². The number of amides is 2. The van der Waals surface area contributed by atoms with Crippen molar-refractivity contribution in [2.75, 3.05) is 13.2 Å². The van der Waals surface area contributed by atoms with Gasteiger partial charge in [0.2, 0.25) is 5.91 Å². The molecule has 0 spiro atoms. The molecule has 1 aliphatic carbocycles. The first-order valence-corrected chi connectivity index (χ1v) is 6.46. The van der Waals surface area contributed by atoms with Gasteiger partial charge in [0.15, 0.2) is 0 Å². The Kier molecular flexibility index (Phi) is 5.91. The van der Waals surface area contributed by atoms with Gasteiger partial charge in [-0.15, -0.1) is 0 Å². The van der Waals surface area contributed by atoms with Crippen LogP contribution in [0, 0.1) is 11.8 Å². The second kappa shape index (κ2) is 7.20. The van der Waals surface area contributed by atoms with Crippen molar-refractivity contribution < 1.29 is 14.3 Å². The van der Waals surface area contributed by atoms with E-state index in [2.05, 4.69) is 10.1 Å². The van der Waals surface area contributed by atoms with E-state index in [1.807, 2.05) is 6.92 Å². The maximum atomic E-state index is 11.9. The molecule has 1 rings (SSSR count). The highest BCUT2D eigenvalue weighted by molar-refractivity contribution is 5.78. The van der Waals surface area contributed by atoms with Crippen LogP contribution < -0.4 is 16.8 Å². The molecule has 0 heterocycles. The molecule has 0 saturated heterocycles. The molecular weight excluding hydrogens is 234 g/mol. The second-order valence-corrected chi connectivity index (χ2v) is 4.93. The smallest absolute Gasteiger partial charge is 0.404 e. The van der Waals surface area contributed by atoms with E-state index < -0.39 is 6.09 Å². The molecule has 6 heteroatoms. The van der Waals surface area contributed by atoms with E-state index >= 15 is 0 Å². The highest BCUT2D eigenvalue weighted by Crippen LogP contribution is 2.29. The summed E-state index contributed by atoms with van der Waals surface area (Å²) in [5, 5.41) is 2.74. The standard InChI is InChI=1S/C12H23N3O3/c1-8(9-3-2-4-10(13)7-9)11(16)15-5-6-18-12(14)17/h8-10H,2-7,13H2,1H3,(H2,14,17)(H,15,16). The molecule has 0 aromatic carbocycles. The Labute approximate surface area is 107 Å². The zero-order valence-corrected chi connectivity index (χ0v) is 10.9. The predicted octanol–water partition coefficient (Wildman–Crippen LogP) is 0.352. The van der Waals surface area contributed by atoms with Crippen LogP contribution in [0.25, 0.3) is 0 Å². The van der Waals surface area contributed by atoms with Crippen molar-refractivity contribution in [1.29, 1.82) is 0 Å². The van der Waals surface area contributed by atoms with Crippen molar-refractivity contribution in [2.45, 2.75) is 38.6 Å². The van der Waals surface area contributed by atoms with Gasteiger partial charge in [-0.05, 0) is 25.2 Å². The minimum Gasteiger partial charge on any atom is -0.448 e. The third-order valence-corrected chi connectivity index (χ3v) is 3.52. The molecule has 0 aromatic rings. The van der Waals surface area contributed by atoms with Crippen molar-refractivity contribution in [1.82, 2.24) is 5.32 Å². The third kappa shape index (κ3) is 4.91. The number of carbonyl (C=O) groups is 2. The van der Waals surface area contributed by atoms with Crippen LogP contribution in [0.15, 0.2) is 0 Å². The number of nitrogens with two attached hydrogens (primary N) is 2. The molecule has 3 unspecified atom stereocenters. The number of hydrogen-bond donors (Lipinski definition) is 3. The monoisotopic (exact) mass is 257 g/mol. The lowest BCUT2D eigenvalue weighted by atomic mass is 9.78. The maximum Gasteiger partial charge on any atom is 0.404 e. The van der Waals surface area contributed by atoms with Crippen molar-refractivity contribution in [3.63, 3.8) is 0 Å².